The van der Waals surface area contributed by atoms with Crippen LogP contribution in [-0.4, -0.2) is 55.1 Å². The predicted molar refractivity (Wildman–Crippen MR) is 124 cm³/mol. The number of carbonyl (C=O) groups is 1. The van der Waals surface area contributed by atoms with Gasteiger partial charge in [0, 0.05) is 47.7 Å². The van der Waals surface area contributed by atoms with Crippen LogP contribution in [0, 0.1) is 11.7 Å². The van der Waals surface area contributed by atoms with Crippen LogP contribution < -0.4 is 10.2 Å². The Kier molecular flexibility index (Phi) is 4.72. The number of nitrogens with zero attached hydrogens (tertiary/aromatic N) is 5. The number of fused-ring (bicyclic) bond motifs is 2. The number of aromatic amines is 1. The second-order valence-corrected chi connectivity index (χ2v) is 9.64. The molecule has 0 atom stereocenters. The number of amides is 1. The monoisotopic (exact) mass is 471 g/mol. The Labute approximate surface area is 191 Å². The van der Waals surface area contributed by atoms with Gasteiger partial charge in [0.25, 0.3) is 0 Å². The summed E-state index contributed by atoms with van der Waals surface area (Å²) in [5.74, 6) is 1.93. The molecule has 4 aromatic rings. The van der Waals surface area contributed by atoms with Gasteiger partial charge in [-0.3, -0.25) is 14.9 Å². The van der Waals surface area contributed by atoms with Crippen LogP contribution in [0.4, 0.5) is 15.9 Å². The fraction of sp³-hybridized carbons (Fsp3) is 0.333. The number of halogens is 2. The Hall–Kier alpha value is -2.85. The van der Waals surface area contributed by atoms with Crippen LogP contribution in [-0.2, 0) is 4.79 Å². The maximum absolute atomic E-state index is 15.6. The third-order valence-electron chi connectivity index (χ3n) is 5.89. The molecular formula is C21H19ClFN7OS. The number of benzene rings is 1. The molecule has 2 fully saturated rings. The largest absolute Gasteiger partial charge is 0.366 e. The lowest BCUT2D eigenvalue weighted by Crippen LogP contribution is -2.33. The lowest BCUT2D eigenvalue weighted by molar-refractivity contribution is -0.117. The van der Waals surface area contributed by atoms with Crippen molar-refractivity contribution >= 4 is 57.3 Å². The first-order chi connectivity index (χ1) is 15.6. The molecule has 8 nitrogen and oxygen atoms in total. The smallest absolute Gasteiger partial charge is 0.228 e. The molecule has 0 bridgehead atoms. The zero-order valence-electron chi connectivity index (χ0n) is 16.9. The van der Waals surface area contributed by atoms with Crippen LogP contribution in [0.1, 0.15) is 12.8 Å². The third-order valence-corrected chi connectivity index (χ3v) is 7.19. The molecular weight excluding hydrogens is 453 g/mol. The summed E-state index contributed by atoms with van der Waals surface area (Å²) in [4.78, 5) is 23.0. The van der Waals surface area contributed by atoms with E-state index in [0.717, 1.165) is 37.4 Å². The van der Waals surface area contributed by atoms with E-state index in [1.54, 1.807) is 29.2 Å². The van der Waals surface area contributed by atoms with Crippen LogP contribution >= 0.6 is 23.4 Å². The molecule has 32 heavy (non-hydrogen) atoms. The van der Waals surface area contributed by atoms with Crippen molar-refractivity contribution in [3.63, 3.8) is 0 Å². The van der Waals surface area contributed by atoms with Gasteiger partial charge < -0.3 is 14.6 Å². The first-order valence-electron chi connectivity index (χ1n) is 10.4. The molecule has 0 spiro atoms. The third kappa shape index (κ3) is 3.29. The number of H-pyrrole nitrogens is 1. The molecule has 1 aliphatic carbocycles. The van der Waals surface area contributed by atoms with Gasteiger partial charge in [0.1, 0.15) is 5.69 Å². The summed E-state index contributed by atoms with van der Waals surface area (Å²) < 4.78 is 17.3. The van der Waals surface area contributed by atoms with Crippen molar-refractivity contribution in [3.8, 4) is 11.3 Å². The molecule has 1 aliphatic heterocycles. The topological polar surface area (TPSA) is 91.2 Å². The molecule has 2 N–H and O–H groups in total. The minimum Gasteiger partial charge on any atom is -0.366 e. The van der Waals surface area contributed by atoms with Crippen LogP contribution in [0.15, 0.2) is 24.8 Å². The molecule has 1 amide bonds. The average Bonchev–Trinajstić information content (AvgIpc) is 3.43. The highest BCUT2D eigenvalue weighted by Crippen LogP contribution is 2.42. The number of carbonyl (C=O) groups excluding carboxylic acids is 1. The van der Waals surface area contributed by atoms with E-state index in [1.807, 2.05) is 16.7 Å². The number of imidazole rings is 1. The average molecular weight is 472 g/mol. The minimum absolute atomic E-state index is 0.0151. The molecule has 6 rings (SSSR count). The van der Waals surface area contributed by atoms with Gasteiger partial charge in [-0.25, -0.2) is 9.37 Å². The molecule has 3 aromatic heterocycles. The SMILES string of the molecule is O=C(Nc1cn2cc(-c3c(Cl)c(F)c(N4CCSCC4)c4[nH]ncc34)ncc2n1)C1CC1. The quantitative estimate of drug-likeness (QED) is 0.468. The standard InChI is InChI=1S/C21H19ClFN7OS/c22-17-16(12-7-25-28-19(12)20(18(17)23)29-3-5-32-6-4-29)13-9-30-10-14(26-15(30)8-24-13)27-21(31)11-1-2-11/h7-11H,1-6H2,(H,25,28)(H,27,31). The van der Waals surface area contributed by atoms with Crippen LogP contribution in [0.2, 0.25) is 5.02 Å². The van der Waals surface area contributed by atoms with Gasteiger partial charge in [-0.15, -0.1) is 0 Å². The van der Waals surface area contributed by atoms with Crippen molar-refractivity contribution in [2.24, 2.45) is 5.92 Å². The maximum Gasteiger partial charge on any atom is 0.228 e. The van der Waals surface area contributed by atoms with Crippen molar-refractivity contribution in [2.45, 2.75) is 12.8 Å². The molecule has 1 saturated carbocycles. The summed E-state index contributed by atoms with van der Waals surface area (Å²) >= 11 is 8.44. The summed E-state index contributed by atoms with van der Waals surface area (Å²) in [6.45, 7) is 1.50. The van der Waals surface area contributed by atoms with Crippen LogP contribution in [0.25, 0.3) is 27.8 Å². The number of hydrogen-bond acceptors (Lipinski definition) is 6. The van der Waals surface area contributed by atoms with E-state index < -0.39 is 5.82 Å². The predicted octanol–water partition coefficient (Wildman–Crippen LogP) is 3.97. The van der Waals surface area contributed by atoms with Crippen molar-refractivity contribution in [2.75, 3.05) is 34.8 Å². The normalized spacial score (nSPS) is 16.8. The van der Waals surface area contributed by atoms with E-state index in [2.05, 4.69) is 25.5 Å². The number of thioether (sulfide) groups is 1. The first kappa shape index (κ1) is 19.8. The highest BCUT2D eigenvalue weighted by Gasteiger charge is 2.30. The highest BCUT2D eigenvalue weighted by molar-refractivity contribution is 7.99. The van der Waals surface area contributed by atoms with Gasteiger partial charge in [-0.2, -0.15) is 16.9 Å². The molecule has 1 saturated heterocycles. The number of anilines is 2. The van der Waals surface area contributed by atoms with Crippen LogP contribution in [0.3, 0.4) is 0 Å². The van der Waals surface area contributed by atoms with E-state index in [9.17, 15) is 4.79 Å². The van der Waals surface area contributed by atoms with Crippen molar-refractivity contribution in [1.82, 2.24) is 24.6 Å². The molecule has 4 heterocycles. The number of aromatic nitrogens is 5. The Morgan fingerprint density at radius 1 is 1.25 bits per heavy atom. The highest BCUT2D eigenvalue weighted by atomic mass is 35.5. The summed E-state index contributed by atoms with van der Waals surface area (Å²) in [6, 6.07) is 0. The first-order valence-corrected chi connectivity index (χ1v) is 12.0. The lowest BCUT2D eigenvalue weighted by atomic mass is 10.0. The Balaban J connectivity index is 1.44. The maximum atomic E-state index is 15.6. The number of hydrogen-bond donors (Lipinski definition) is 2. The Morgan fingerprint density at radius 2 is 2.06 bits per heavy atom. The molecule has 1 aromatic carbocycles. The minimum atomic E-state index is -0.477. The van der Waals surface area contributed by atoms with Crippen molar-refractivity contribution in [1.29, 1.82) is 0 Å². The van der Waals surface area contributed by atoms with E-state index in [1.165, 1.54) is 0 Å². The Morgan fingerprint density at radius 3 is 2.84 bits per heavy atom. The zero-order valence-corrected chi connectivity index (χ0v) is 18.5. The summed E-state index contributed by atoms with van der Waals surface area (Å²) in [6.07, 6.45) is 8.53. The van der Waals surface area contributed by atoms with Gasteiger partial charge in [0.2, 0.25) is 5.91 Å². The van der Waals surface area contributed by atoms with Gasteiger partial charge in [0.15, 0.2) is 17.3 Å². The molecule has 0 unspecified atom stereocenters. The van der Waals surface area contributed by atoms with Crippen LogP contribution in [0.5, 0.6) is 0 Å². The zero-order chi connectivity index (χ0) is 21.8. The Bertz CT molecular complexity index is 1360. The van der Waals surface area contributed by atoms with Gasteiger partial charge in [-0.1, -0.05) is 11.6 Å². The van der Waals surface area contributed by atoms with Gasteiger partial charge in [0.05, 0.1) is 34.8 Å². The molecule has 0 radical (unpaired) electrons. The molecule has 2 aliphatic rings. The number of rotatable bonds is 4. The van der Waals surface area contributed by atoms with E-state index in [-0.39, 0.29) is 16.8 Å². The fourth-order valence-corrected chi connectivity index (χ4v) is 5.29. The lowest BCUT2D eigenvalue weighted by Gasteiger charge is -2.29. The van der Waals surface area contributed by atoms with Crippen molar-refractivity contribution in [3.05, 3.63) is 35.6 Å². The summed E-state index contributed by atoms with van der Waals surface area (Å²) in [7, 11) is 0. The second-order valence-electron chi connectivity index (χ2n) is 8.04. The van der Waals surface area contributed by atoms with Gasteiger partial charge in [-0.05, 0) is 12.8 Å². The van der Waals surface area contributed by atoms with E-state index in [0.29, 0.717) is 39.3 Å². The van der Waals surface area contributed by atoms with Crippen molar-refractivity contribution < 1.29 is 9.18 Å². The number of nitrogens with one attached hydrogen (secondary N) is 2. The van der Waals surface area contributed by atoms with Gasteiger partial charge >= 0.3 is 0 Å². The fourth-order valence-electron chi connectivity index (χ4n) is 4.09. The van der Waals surface area contributed by atoms with E-state index in [4.69, 9.17) is 11.6 Å². The summed E-state index contributed by atoms with van der Waals surface area (Å²) in [5.41, 5.74) is 2.61. The van der Waals surface area contributed by atoms with E-state index >= 15 is 4.39 Å². The summed E-state index contributed by atoms with van der Waals surface area (Å²) in [5, 5.41) is 10.7. The second kappa shape index (κ2) is 7.63. The molecule has 164 valence electrons. The molecule has 11 heteroatoms.